The van der Waals surface area contributed by atoms with Crippen LogP contribution in [0, 0.1) is 0 Å². The minimum atomic E-state index is 0.000428. The number of aromatic nitrogens is 2. The lowest BCUT2D eigenvalue weighted by Crippen LogP contribution is -2.22. The summed E-state index contributed by atoms with van der Waals surface area (Å²) in [5.74, 6) is 1.36. The van der Waals surface area contributed by atoms with Gasteiger partial charge in [-0.25, -0.2) is 4.98 Å². The Labute approximate surface area is 154 Å². The van der Waals surface area contributed by atoms with Crippen LogP contribution >= 0.6 is 23.1 Å². The van der Waals surface area contributed by atoms with E-state index in [0.29, 0.717) is 16.7 Å². The van der Waals surface area contributed by atoms with Crippen molar-refractivity contribution in [2.75, 3.05) is 12.9 Å². The number of thiophene rings is 1. The minimum Gasteiger partial charge on any atom is -0.495 e. The first-order chi connectivity index (χ1) is 12.2. The van der Waals surface area contributed by atoms with Gasteiger partial charge < -0.3 is 4.74 Å². The highest BCUT2D eigenvalue weighted by Crippen LogP contribution is 2.36. The third kappa shape index (κ3) is 2.69. The molecule has 2 aromatic heterocycles. The van der Waals surface area contributed by atoms with E-state index in [1.54, 1.807) is 23.0 Å². The van der Waals surface area contributed by atoms with Crippen LogP contribution in [0.3, 0.4) is 0 Å². The first-order valence-electron chi connectivity index (χ1n) is 8.19. The molecular formula is C19H18N2O2S2. The van der Waals surface area contributed by atoms with Gasteiger partial charge in [-0.15, -0.1) is 17.9 Å². The maximum Gasteiger partial charge on any atom is 0.267 e. The Bertz CT molecular complexity index is 1020. The molecule has 0 bridgehead atoms. The summed E-state index contributed by atoms with van der Waals surface area (Å²) in [4.78, 5) is 20.4. The van der Waals surface area contributed by atoms with Gasteiger partial charge in [0.2, 0.25) is 0 Å². The quantitative estimate of drug-likeness (QED) is 0.383. The van der Waals surface area contributed by atoms with Crippen molar-refractivity contribution in [3.05, 3.63) is 57.7 Å². The molecule has 6 heteroatoms. The number of fused-ring (bicyclic) bond motifs is 3. The van der Waals surface area contributed by atoms with Crippen LogP contribution in [0.1, 0.15) is 16.9 Å². The second-order valence-corrected chi connectivity index (χ2v) is 7.91. The average molecular weight is 370 g/mol. The van der Waals surface area contributed by atoms with Crippen molar-refractivity contribution in [1.29, 1.82) is 0 Å². The van der Waals surface area contributed by atoms with Crippen LogP contribution in [0.2, 0.25) is 0 Å². The van der Waals surface area contributed by atoms with Crippen molar-refractivity contribution in [3.8, 4) is 11.4 Å². The number of para-hydroxylation sites is 2. The molecule has 0 unspecified atom stereocenters. The van der Waals surface area contributed by atoms with Crippen molar-refractivity contribution in [1.82, 2.24) is 9.55 Å². The molecule has 0 atom stereocenters. The van der Waals surface area contributed by atoms with E-state index in [-0.39, 0.29) is 5.56 Å². The molecule has 0 aliphatic heterocycles. The summed E-state index contributed by atoms with van der Waals surface area (Å²) in [7, 11) is 1.62. The molecule has 25 heavy (non-hydrogen) atoms. The van der Waals surface area contributed by atoms with Crippen LogP contribution < -0.4 is 10.3 Å². The Morgan fingerprint density at radius 1 is 1.40 bits per heavy atom. The maximum atomic E-state index is 13.4. The van der Waals surface area contributed by atoms with Crippen LogP contribution in [0.5, 0.6) is 5.75 Å². The Morgan fingerprint density at radius 2 is 2.24 bits per heavy atom. The molecule has 1 aliphatic carbocycles. The van der Waals surface area contributed by atoms with Gasteiger partial charge in [0.05, 0.1) is 18.2 Å². The van der Waals surface area contributed by atoms with E-state index in [1.807, 2.05) is 30.3 Å². The first kappa shape index (κ1) is 16.4. The summed E-state index contributed by atoms with van der Waals surface area (Å²) < 4.78 is 7.18. The fourth-order valence-corrected chi connectivity index (χ4v) is 5.32. The standard InChI is InChI=1S/C19H18N2O2S2/c1-3-11-24-19-20-17-16(12-7-6-10-15(12)25-17)18(22)21(19)13-8-4-5-9-14(13)23-2/h3-5,8-9H,1,6-7,10-11H2,2H3. The fourth-order valence-electron chi connectivity index (χ4n) is 3.28. The van der Waals surface area contributed by atoms with Gasteiger partial charge in [-0.2, -0.15) is 0 Å². The number of nitrogens with zero attached hydrogens (tertiary/aromatic N) is 2. The van der Waals surface area contributed by atoms with Gasteiger partial charge in [-0.05, 0) is 37.0 Å². The zero-order valence-corrected chi connectivity index (χ0v) is 15.6. The summed E-state index contributed by atoms with van der Waals surface area (Å²) in [6.45, 7) is 3.78. The number of thioether (sulfide) groups is 1. The van der Waals surface area contributed by atoms with Crippen LogP contribution in [0.25, 0.3) is 15.9 Å². The number of hydrogen-bond acceptors (Lipinski definition) is 5. The van der Waals surface area contributed by atoms with E-state index in [4.69, 9.17) is 9.72 Å². The van der Waals surface area contributed by atoms with E-state index in [0.717, 1.165) is 35.2 Å². The van der Waals surface area contributed by atoms with Crippen LogP contribution in [-0.2, 0) is 12.8 Å². The normalized spacial score (nSPS) is 13.2. The monoisotopic (exact) mass is 370 g/mol. The van der Waals surface area contributed by atoms with Crippen molar-refractivity contribution >= 4 is 33.3 Å². The van der Waals surface area contributed by atoms with Gasteiger partial charge in [0.15, 0.2) is 5.16 Å². The SMILES string of the molecule is C=CCSc1nc2sc3c(c2c(=O)n1-c1ccccc1OC)CCC3. The minimum absolute atomic E-state index is 0.000428. The van der Waals surface area contributed by atoms with E-state index in [9.17, 15) is 4.79 Å². The van der Waals surface area contributed by atoms with Crippen LogP contribution in [0.4, 0.5) is 0 Å². The predicted octanol–water partition coefficient (Wildman–Crippen LogP) is 4.22. The Balaban J connectivity index is 2.04. The number of methoxy groups -OCH3 is 1. The molecule has 0 N–H and O–H groups in total. The lowest BCUT2D eigenvalue weighted by molar-refractivity contribution is 0.411. The smallest absolute Gasteiger partial charge is 0.267 e. The van der Waals surface area contributed by atoms with E-state index < -0.39 is 0 Å². The van der Waals surface area contributed by atoms with E-state index >= 15 is 0 Å². The highest BCUT2D eigenvalue weighted by molar-refractivity contribution is 7.99. The van der Waals surface area contributed by atoms with Crippen molar-refractivity contribution in [2.24, 2.45) is 0 Å². The Hall–Kier alpha value is -2.05. The highest BCUT2D eigenvalue weighted by Gasteiger charge is 2.24. The summed E-state index contributed by atoms with van der Waals surface area (Å²) in [6.07, 6.45) is 4.97. The largest absolute Gasteiger partial charge is 0.495 e. The van der Waals surface area contributed by atoms with Gasteiger partial charge >= 0.3 is 0 Å². The molecule has 2 heterocycles. The molecule has 4 nitrogen and oxygen atoms in total. The van der Waals surface area contributed by atoms with Crippen molar-refractivity contribution in [2.45, 2.75) is 24.4 Å². The Kier molecular flexibility index (Phi) is 4.39. The lowest BCUT2D eigenvalue weighted by atomic mass is 10.2. The highest BCUT2D eigenvalue weighted by atomic mass is 32.2. The summed E-state index contributed by atoms with van der Waals surface area (Å²) in [6, 6.07) is 7.58. The summed E-state index contributed by atoms with van der Waals surface area (Å²) in [5.41, 5.74) is 1.93. The zero-order valence-electron chi connectivity index (χ0n) is 13.9. The number of aryl methyl sites for hydroxylation is 2. The first-order valence-corrected chi connectivity index (χ1v) is 9.99. The van der Waals surface area contributed by atoms with Crippen molar-refractivity contribution in [3.63, 3.8) is 0 Å². The number of rotatable bonds is 5. The molecule has 128 valence electrons. The third-order valence-electron chi connectivity index (χ3n) is 4.36. The molecule has 0 saturated carbocycles. The summed E-state index contributed by atoms with van der Waals surface area (Å²) in [5, 5.41) is 1.47. The molecule has 0 saturated heterocycles. The zero-order chi connectivity index (χ0) is 17.4. The molecular weight excluding hydrogens is 352 g/mol. The van der Waals surface area contributed by atoms with Crippen LogP contribution in [0.15, 0.2) is 46.9 Å². The van der Waals surface area contributed by atoms with Gasteiger partial charge in [-0.3, -0.25) is 9.36 Å². The second-order valence-electron chi connectivity index (χ2n) is 5.84. The van der Waals surface area contributed by atoms with Crippen molar-refractivity contribution < 1.29 is 4.74 Å². The number of hydrogen-bond donors (Lipinski definition) is 0. The van der Waals surface area contributed by atoms with E-state index in [2.05, 4.69) is 6.58 Å². The fraction of sp³-hybridized carbons (Fsp3) is 0.263. The molecule has 0 spiro atoms. The molecule has 0 radical (unpaired) electrons. The predicted molar refractivity (Wildman–Crippen MR) is 105 cm³/mol. The molecule has 3 aromatic rings. The number of benzene rings is 1. The average Bonchev–Trinajstić information content (AvgIpc) is 3.20. The third-order valence-corrected chi connectivity index (χ3v) is 6.48. The topological polar surface area (TPSA) is 44.1 Å². The molecule has 1 aliphatic rings. The summed E-state index contributed by atoms with van der Waals surface area (Å²) >= 11 is 3.18. The van der Waals surface area contributed by atoms with Crippen LogP contribution in [-0.4, -0.2) is 22.4 Å². The van der Waals surface area contributed by atoms with Gasteiger partial charge in [0, 0.05) is 10.6 Å². The number of ether oxygens (including phenoxy) is 1. The second kappa shape index (κ2) is 6.69. The van der Waals surface area contributed by atoms with Gasteiger partial charge in [-0.1, -0.05) is 30.0 Å². The molecule has 1 aromatic carbocycles. The van der Waals surface area contributed by atoms with Gasteiger partial charge in [0.1, 0.15) is 10.6 Å². The van der Waals surface area contributed by atoms with Gasteiger partial charge in [0.25, 0.3) is 5.56 Å². The molecule has 4 rings (SSSR count). The molecule has 0 fully saturated rings. The Morgan fingerprint density at radius 3 is 3.04 bits per heavy atom. The maximum absolute atomic E-state index is 13.4. The van der Waals surface area contributed by atoms with E-state index in [1.165, 1.54) is 22.2 Å². The molecule has 0 amide bonds. The lowest BCUT2D eigenvalue weighted by Gasteiger charge is -2.14.